The maximum absolute atomic E-state index is 13.4. The zero-order valence-electron chi connectivity index (χ0n) is 20.0. The van der Waals surface area contributed by atoms with Gasteiger partial charge in [-0.15, -0.1) is 0 Å². The van der Waals surface area contributed by atoms with Crippen molar-refractivity contribution in [3.8, 4) is 0 Å². The van der Waals surface area contributed by atoms with E-state index in [1.807, 2.05) is 31.2 Å². The molecule has 0 amide bonds. The van der Waals surface area contributed by atoms with Crippen LogP contribution in [-0.4, -0.2) is 55.6 Å². The van der Waals surface area contributed by atoms with Crippen LogP contribution in [0.15, 0.2) is 71.1 Å². The molecule has 0 spiro atoms. The molecule has 35 heavy (non-hydrogen) atoms. The summed E-state index contributed by atoms with van der Waals surface area (Å²) < 4.78 is 46.1. The van der Waals surface area contributed by atoms with Crippen molar-refractivity contribution in [1.29, 1.82) is 0 Å². The number of benzene rings is 2. The third-order valence-corrected chi connectivity index (χ3v) is 7.32. The van der Waals surface area contributed by atoms with Gasteiger partial charge in [-0.05, 0) is 48.7 Å². The molecule has 3 heterocycles. The summed E-state index contributed by atoms with van der Waals surface area (Å²) in [4.78, 5) is 7.21. The molecule has 2 saturated heterocycles. The number of nitrogens with zero attached hydrogens (tertiary/aromatic N) is 3. The first kappa shape index (κ1) is 23.9. The summed E-state index contributed by atoms with van der Waals surface area (Å²) in [5, 5.41) is 0. The quantitative estimate of drug-likeness (QED) is 0.452. The molecule has 0 bridgehead atoms. The number of para-hydroxylation sites is 1. The number of halogens is 3. The second-order valence-corrected chi connectivity index (χ2v) is 9.82. The van der Waals surface area contributed by atoms with Crippen molar-refractivity contribution in [2.24, 2.45) is 5.92 Å². The van der Waals surface area contributed by atoms with E-state index in [2.05, 4.69) is 39.0 Å². The Kier molecular flexibility index (Phi) is 6.89. The number of furan rings is 1. The predicted molar refractivity (Wildman–Crippen MR) is 131 cm³/mol. The monoisotopic (exact) mass is 483 g/mol. The van der Waals surface area contributed by atoms with Crippen LogP contribution >= 0.6 is 0 Å². The molecule has 7 heteroatoms. The maximum Gasteiger partial charge on any atom is 0.416 e. The third-order valence-electron chi connectivity index (χ3n) is 7.32. The normalized spacial score (nSPS) is 22.1. The second kappa shape index (κ2) is 10.1. The molecule has 0 N–H and O–H groups in total. The molecule has 186 valence electrons. The Balaban J connectivity index is 1.30. The highest BCUT2D eigenvalue weighted by Crippen LogP contribution is 2.37. The zero-order valence-corrected chi connectivity index (χ0v) is 20.0. The second-order valence-electron chi connectivity index (χ2n) is 9.82. The summed E-state index contributed by atoms with van der Waals surface area (Å²) in [5.41, 5.74) is 1.46. The van der Waals surface area contributed by atoms with Crippen LogP contribution in [0, 0.1) is 12.8 Å². The van der Waals surface area contributed by atoms with E-state index < -0.39 is 11.7 Å². The SMILES string of the molecule is Cc1ccc(CN2CC(CN3CCN(c4ccccc4)CC3)C(c3cccc(C(F)(F)F)c3)C2)o1. The van der Waals surface area contributed by atoms with Gasteiger partial charge >= 0.3 is 6.18 Å². The number of piperazine rings is 1. The summed E-state index contributed by atoms with van der Waals surface area (Å²) in [6.45, 7) is 8.90. The molecule has 2 fully saturated rings. The fraction of sp³-hybridized carbons (Fsp3) is 0.429. The van der Waals surface area contributed by atoms with E-state index in [0.717, 1.165) is 62.9 Å². The molecular formula is C28H32F3N3O. The Labute approximate surface area is 204 Å². The fourth-order valence-corrected chi connectivity index (χ4v) is 5.55. The first-order valence-electron chi connectivity index (χ1n) is 12.3. The van der Waals surface area contributed by atoms with Gasteiger partial charge in [0, 0.05) is 57.4 Å². The molecule has 0 radical (unpaired) electrons. The van der Waals surface area contributed by atoms with Crippen molar-refractivity contribution in [1.82, 2.24) is 9.80 Å². The van der Waals surface area contributed by atoms with E-state index >= 15 is 0 Å². The number of hydrogen-bond donors (Lipinski definition) is 0. The van der Waals surface area contributed by atoms with E-state index in [9.17, 15) is 13.2 Å². The summed E-state index contributed by atoms with van der Waals surface area (Å²) in [6.07, 6.45) is -4.33. The number of hydrogen-bond acceptors (Lipinski definition) is 4. The number of rotatable bonds is 6. The van der Waals surface area contributed by atoms with E-state index in [4.69, 9.17) is 4.42 Å². The lowest BCUT2D eigenvalue weighted by molar-refractivity contribution is -0.137. The molecule has 0 saturated carbocycles. The summed E-state index contributed by atoms with van der Waals surface area (Å²) in [5.74, 6) is 2.10. The summed E-state index contributed by atoms with van der Waals surface area (Å²) in [6, 6.07) is 20.3. The zero-order chi connectivity index (χ0) is 24.4. The van der Waals surface area contributed by atoms with Crippen molar-refractivity contribution in [3.63, 3.8) is 0 Å². The van der Waals surface area contributed by atoms with Crippen LogP contribution in [-0.2, 0) is 12.7 Å². The fourth-order valence-electron chi connectivity index (χ4n) is 5.55. The van der Waals surface area contributed by atoms with E-state index in [1.54, 1.807) is 6.07 Å². The van der Waals surface area contributed by atoms with Crippen molar-refractivity contribution >= 4 is 5.69 Å². The van der Waals surface area contributed by atoms with Crippen molar-refractivity contribution in [2.75, 3.05) is 50.7 Å². The van der Waals surface area contributed by atoms with E-state index in [-0.39, 0.29) is 11.8 Å². The van der Waals surface area contributed by atoms with E-state index in [0.29, 0.717) is 6.54 Å². The Bertz CT molecular complexity index is 1110. The van der Waals surface area contributed by atoms with Gasteiger partial charge in [-0.2, -0.15) is 13.2 Å². The van der Waals surface area contributed by atoms with Crippen molar-refractivity contribution in [2.45, 2.75) is 25.6 Å². The molecule has 1 aromatic heterocycles. The standard InChI is InChI=1S/C28H32F3N3O/c1-21-10-11-26(35-21)19-33-18-23(27(20-33)22-6-5-7-24(16-22)28(29,30)31)17-32-12-14-34(15-13-32)25-8-3-2-4-9-25/h2-11,16,23,27H,12-15,17-20H2,1H3. The van der Waals surface area contributed by atoms with Gasteiger partial charge in [0.2, 0.25) is 0 Å². The topological polar surface area (TPSA) is 22.9 Å². The molecule has 2 aliphatic rings. The van der Waals surface area contributed by atoms with Crippen LogP contribution in [0.1, 0.15) is 28.6 Å². The lowest BCUT2D eigenvalue weighted by atomic mass is 9.87. The number of alkyl halides is 3. The highest BCUT2D eigenvalue weighted by Gasteiger charge is 2.37. The third kappa shape index (κ3) is 5.73. The Morgan fingerprint density at radius 3 is 2.31 bits per heavy atom. The van der Waals surface area contributed by atoms with Crippen LogP contribution in [0.2, 0.25) is 0 Å². The van der Waals surface area contributed by atoms with Gasteiger partial charge in [0.1, 0.15) is 11.5 Å². The van der Waals surface area contributed by atoms with Gasteiger partial charge in [0.15, 0.2) is 0 Å². The largest absolute Gasteiger partial charge is 0.465 e. The molecule has 0 aliphatic carbocycles. The van der Waals surface area contributed by atoms with Crippen molar-refractivity contribution < 1.29 is 17.6 Å². The molecule has 3 aromatic rings. The lowest BCUT2D eigenvalue weighted by Gasteiger charge is -2.38. The van der Waals surface area contributed by atoms with Gasteiger partial charge in [0.05, 0.1) is 12.1 Å². The molecule has 2 aromatic carbocycles. The first-order valence-corrected chi connectivity index (χ1v) is 12.3. The molecule has 4 nitrogen and oxygen atoms in total. The van der Waals surface area contributed by atoms with Gasteiger partial charge < -0.3 is 9.32 Å². The van der Waals surface area contributed by atoms with Crippen LogP contribution in [0.25, 0.3) is 0 Å². The van der Waals surface area contributed by atoms with Gasteiger partial charge in [-0.1, -0.05) is 36.4 Å². The number of anilines is 1. The van der Waals surface area contributed by atoms with Crippen LogP contribution in [0.4, 0.5) is 18.9 Å². The summed E-state index contributed by atoms with van der Waals surface area (Å²) >= 11 is 0. The van der Waals surface area contributed by atoms with Gasteiger partial charge in [-0.25, -0.2) is 0 Å². The highest BCUT2D eigenvalue weighted by atomic mass is 19.4. The Hall–Kier alpha value is -2.77. The predicted octanol–water partition coefficient (Wildman–Crippen LogP) is 5.64. The average molecular weight is 484 g/mol. The minimum atomic E-state index is -4.33. The van der Waals surface area contributed by atoms with E-state index in [1.165, 1.54) is 17.8 Å². The molecule has 5 rings (SSSR count). The van der Waals surface area contributed by atoms with Crippen LogP contribution in [0.5, 0.6) is 0 Å². The van der Waals surface area contributed by atoms with Gasteiger partial charge in [0.25, 0.3) is 0 Å². The van der Waals surface area contributed by atoms with Gasteiger partial charge in [-0.3, -0.25) is 9.80 Å². The summed E-state index contributed by atoms with van der Waals surface area (Å²) in [7, 11) is 0. The molecule has 2 aliphatic heterocycles. The van der Waals surface area contributed by atoms with Crippen molar-refractivity contribution in [3.05, 3.63) is 89.4 Å². The smallest absolute Gasteiger partial charge is 0.416 e. The van der Waals surface area contributed by atoms with Crippen LogP contribution < -0.4 is 4.90 Å². The number of aryl methyl sites for hydroxylation is 1. The molecule has 2 unspecified atom stereocenters. The minimum Gasteiger partial charge on any atom is -0.465 e. The van der Waals surface area contributed by atoms with Crippen LogP contribution in [0.3, 0.4) is 0 Å². The molecular weight excluding hydrogens is 451 g/mol. The Morgan fingerprint density at radius 2 is 1.63 bits per heavy atom. The maximum atomic E-state index is 13.4. The lowest BCUT2D eigenvalue weighted by Crippen LogP contribution is -2.48. The number of likely N-dealkylation sites (tertiary alicyclic amines) is 1. The minimum absolute atomic E-state index is 0.0560. The highest BCUT2D eigenvalue weighted by molar-refractivity contribution is 5.46. The Morgan fingerprint density at radius 1 is 0.857 bits per heavy atom. The molecule has 2 atom stereocenters. The first-order chi connectivity index (χ1) is 16.8. The average Bonchev–Trinajstić information content (AvgIpc) is 3.45.